The van der Waals surface area contributed by atoms with Crippen molar-refractivity contribution in [2.45, 2.75) is 6.92 Å². The van der Waals surface area contributed by atoms with E-state index in [0.29, 0.717) is 11.6 Å². The molecule has 0 radical (unpaired) electrons. The first-order chi connectivity index (χ1) is 6.00. The fourth-order valence-electron chi connectivity index (χ4n) is 0.895. The topological polar surface area (TPSA) is 89.5 Å². The fraction of sp³-hybridized carbons (Fsp3) is 0.429. The normalized spacial score (nSPS) is 10.0. The lowest BCUT2D eigenvalue weighted by Crippen LogP contribution is -2.25. The molecule has 0 bridgehead atoms. The first kappa shape index (κ1) is 9.37. The van der Waals surface area contributed by atoms with Crippen molar-refractivity contribution in [2.75, 3.05) is 18.5 Å². The van der Waals surface area contributed by atoms with Crippen LogP contribution in [0.15, 0.2) is 0 Å². The quantitative estimate of drug-likeness (QED) is 0.614. The average Bonchev–Trinajstić information content (AvgIpc) is 2.31. The Bertz CT molecular complexity index is 301. The van der Waals surface area contributed by atoms with Crippen molar-refractivity contribution in [3.05, 3.63) is 5.69 Å². The Labute approximate surface area is 74.8 Å². The van der Waals surface area contributed by atoms with Crippen molar-refractivity contribution >= 4 is 11.9 Å². The molecule has 0 saturated carbocycles. The van der Waals surface area contributed by atoms with Gasteiger partial charge >= 0.3 is 5.97 Å². The Balaban J connectivity index is 2.77. The number of carboxylic acid groups (broad SMARTS) is 1. The van der Waals surface area contributed by atoms with Gasteiger partial charge in [0.25, 0.3) is 0 Å². The summed E-state index contributed by atoms with van der Waals surface area (Å²) in [7, 11) is 1.58. The molecule has 6 heteroatoms. The highest BCUT2D eigenvalue weighted by Gasteiger charge is 2.11. The Hall–Kier alpha value is -1.72. The summed E-state index contributed by atoms with van der Waals surface area (Å²) in [5.41, 5.74) is 0.451. The molecular weight excluding hydrogens is 174 g/mol. The van der Waals surface area contributed by atoms with E-state index in [2.05, 4.69) is 9.97 Å². The summed E-state index contributed by atoms with van der Waals surface area (Å²) in [6.07, 6.45) is 0. The van der Waals surface area contributed by atoms with E-state index in [1.54, 1.807) is 14.0 Å². The number of H-pyrrole nitrogens is 1. The second-order valence-corrected chi connectivity index (χ2v) is 2.74. The maximum absolute atomic E-state index is 10.3. The predicted octanol–water partition coefficient (Wildman–Crippen LogP) is -0.0555. The predicted molar refractivity (Wildman–Crippen MR) is 45.9 cm³/mol. The third-order valence-corrected chi connectivity index (χ3v) is 1.58. The number of nitrogens with zero attached hydrogens (tertiary/aromatic N) is 2. The monoisotopic (exact) mass is 185 g/mol. The molecule has 0 unspecified atom stereocenters. The Morgan fingerprint density at radius 1 is 1.69 bits per heavy atom. The number of imidazole rings is 1. The van der Waals surface area contributed by atoms with E-state index < -0.39 is 5.97 Å². The van der Waals surface area contributed by atoms with Crippen molar-refractivity contribution in [2.24, 2.45) is 0 Å². The zero-order valence-corrected chi connectivity index (χ0v) is 7.40. The lowest BCUT2D eigenvalue weighted by molar-refractivity contribution is -0.135. The number of likely N-dealkylation sites (N-methyl/N-ethyl adjacent to an activating group) is 1. The van der Waals surface area contributed by atoms with Crippen molar-refractivity contribution < 1.29 is 15.0 Å². The SMILES string of the molecule is Cc1nc(N(C)CC(=O)O)[nH]c1O. The maximum atomic E-state index is 10.3. The number of hydrogen-bond donors (Lipinski definition) is 3. The van der Waals surface area contributed by atoms with Crippen molar-refractivity contribution in [3.8, 4) is 5.88 Å². The van der Waals surface area contributed by atoms with Crippen LogP contribution in [0.4, 0.5) is 5.95 Å². The minimum Gasteiger partial charge on any atom is -0.493 e. The van der Waals surface area contributed by atoms with Gasteiger partial charge in [-0.05, 0) is 6.92 Å². The molecule has 0 aliphatic carbocycles. The largest absolute Gasteiger partial charge is 0.493 e. The lowest BCUT2D eigenvalue weighted by Gasteiger charge is -2.11. The molecule has 0 aliphatic rings. The van der Waals surface area contributed by atoms with E-state index in [9.17, 15) is 4.79 Å². The van der Waals surface area contributed by atoms with Gasteiger partial charge in [-0.3, -0.25) is 9.78 Å². The van der Waals surface area contributed by atoms with Crippen LogP contribution in [0.1, 0.15) is 5.69 Å². The van der Waals surface area contributed by atoms with Gasteiger partial charge in [-0.15, -0.1) is 0 Å². The minimum atomic E-state index is -0.948. The smallest absolute Gasteiger partial charge is 0.323 e. The standard InChI is InChI=1S/C7H11N3O3/c1-4-6(13)9-7(8-4)10(2)3-5(11)12/h13H,3H2,1-2H3,(H,8,9)(H,11,12). The minimum absolute atomic E-state index is 0.0350. The lowest BCUT2D eigenvalue weighted by atomic mass is 10.5. The van der Waals surface area contributed by atoms with Gasteiger partial charge in [-0.25, -0.2) is 4.98 Å². The third kappa shape index (κ3) is 2.11. The summed E-state index contributed by atoms with van der Waals surface area (Å²) in [6.45, 7) is 1.47. The van der Waals surface area contributed by atoms with E-state index in [4.69, 9.17) is 10.2 Å². The Morgan fingerprint density at radius 3 is 2.69 bits per heavy atom. The number of anilines is 1. The van der Waals surface area contributed by atoms with Crippen LogP contribution in [-0.4, -0.2) is 39.7 Å². The van der Waals surface area contributed by atoms with Crippen molar-refractivity contribution in [3.63, 3.8) is 0 Å². The van der Waals surface area contributed by atoms with Crippen LogP contribution in [0, 0.1) is 6.92 Å². The molecule has 0 aliphatic heterocycles. The molecule has 1 aromatic rings. The molecule has 0 saturated heterocycles. The van der Waals surface area contributed by atoms with Gasteiger partial charge in [-0.1, -0.05) is 0 Å². The molecule has 0 amide bonds. The Kier molecular flexibility index (Phi) is 2.41. The molecule has 1 aromatic heterocycles. The first-order valence-corrected chi connectivity index (χ1v) is 3.69. The van der Waals surface area contributed by atoms with Crippen LogP contribution in [0.5, 0.6) is 5.88 Å². The first-order valence-electron chi connectivity index (χ1n) is 3.69. The number of aliphatic carboxylic acids is 1. The molecule has 72 valence electrons. The highest BCUT2D eigenvalue weighted by Crippen LogP contribution is 2.16. The highest BCUT2D eigenvalue weighted by atomic mass is 16.4. The van der Waals surface area contributed by atoms with E-state index >= 15 is 0 Å². The van der Waals surface area contributed by atoms with E-state index in [1.165, 1.54) is 4.90 Å². The zero-order valence-electron chi connectivity index (χ0n) is 7.40. The van der Waals surface area contributed by atoms with Gasteiger partial charge in [0.15, 0.2) is 0 Å². The van der Waals surface area contributed by atoms with Crippen molar-refractivity contribution in [1.82, 2.24) is 9.97 Å². The van der Waals surface area contributed by atoms with Crippen LogP contribution >= 0.6 is 0 Å². The van der Waals surface area contributed by atoms with Gasteiger partial charge in [0, 0.05) is 7.05 Å². The molecule has 1 rings (SSSR count). The maximum Gasteiger partial charge on any atom is 0.323 e. The molecule has 1 heterocycles. The van der Waals surface area contributed by atoms with Crippen LogP contribution in [0.3, 0.4) is 0 Å². The number of aromatic hydroxyl groups is 1. The third-order valence-electron chi connectivity index (χ3n) is 1.58. The van der Waals surface area contributed by atoms with Crippen LogP contribution in [0.2, 0.25) is 0 Å². The molecule has 3 N–H and O–H groups in total. The number of nitrogens with one attached hydrogen (secondary N) is 1. The van der Waals surface area contributed by atoms with E-state index in [1.807, 2.05) is 0 Å². The highest BCUT2D eigenvalue weighted by molar-refractivity contribution is 5.72. The molecule has 0 fully saturated rings. The van der Waals surface area contributed by atoms with Crippen LogP contribution < -0.4 is 4.90 Å². The van der Waals surface area contributed by atoms with Gasteiger partial charge in [0.1, 0.15) is 12.2 Å². The number of aryl methyl sites for hydroxylation is 1. The summed E-state index contributed by atoms with van der Waals surface area (Å²) in [6, 6.07) is 0. The van der Waals surface area contributed by atoms with E-state index in [-0.39, 0.29) is 12.4 Å². The van der Waals surface area contributed by atoms with Gasteiger partial charge in [0.2, 0.25) is 11.8 Å². The average molecular weight is 185 g/mol. The zero-order chi connectivity index (χ0) is 10.0. The molecule has 13 heavy (non-hydrogen) atoms. The molecule has 0 atom stereocenters. The second kappa shape index (κ2) is 3.34. The number of carboxylic acids is 1. The number of hydrogen-bond acceptors (Lipinski definition) is 4. The number of aromatic nitrogens is 2. The van der Waals surface area contributed by atoms with Crippen LogP contribution in [-0.2, 0) is 4.79 Å². The van der Waals surface area contributed by atoms with Gasteiger partial charge < -0.3 is 15.1 Å². The Morgan fingerprint density at radius 2 is 2.31 bits per heavy atom. The molecular formula is C7H11N3O3. The summed E-state index contributed by atoms with van der Waals surface area (Å²) < 4.78 is 0. The van der Waals surface area contributed by atoms with Gasteiger partial charge in [-0.2, -0.15) is 0 Å². The summed E-state index contributed by atoms with van der Waals surface area (Å²) >= 11 is 0. The number of carbonyl (C=O) groups is 1. The van der Waals surface area contributed by atoms with E-state index in [0.717, 1.165) is 0 Å². The molecule has 0 aromatic carbocycles. The number of aromatic amines is 1. The number of rotatable bonds is 3. The molecule has 6 nitrogen and oxygen atoms in total. The summed E-state index contributed by atoms with van der Waals surface area (Å²) in [4.78, 5) is 18.2. The molecule has 0 spiro atoms. The summed E-state index contributed by atoms with van der Waals surface area (Å²) in [5.74, 6) is -0.638. The van der Waals surface area contributed by atoms with Crippen molar-refractivity contribution in [1.29, 1.82) is 0 Å². The second-order valence-electron chi connectivity index (χ2n) is 2.74. The fourth-order valence-corrected chi connectivity index (χ4v) is 0.895. The summed E-state index contributed by atoms with van der Waals surface area (Å²) in [5, 5.41) is 17.6. The van der Waals surface area contributed by atoms with Crippen LogP contribution in [0.25, 0.3) is 0 Å². The van der Waals surface area contributed by atoms with Gasteiger partial charge in [0.05, 0.1) is 0 Å².